The van der Waals surface area contributed by atoms with Crippen LogP contribution in [0.4, 0.5) is 10.1 Å². The number of ether oxygens (including phenoxy) is 2. The Morgan fingerprint density at radius 3 is 2.56 bits per heavy atom. The number of benzene rings is 3. The van der Waals surface area contributed by atoms with E-state index in [2.05, 4.69) is 10.3 Å². The summed E-state index contributed by atoms with van der Waals surface area (Å²) in [6.07, 6.45) is 0. The summed E-state index contributed by atoms with van der Waals surface area (Å²) in [5, 5.41) is 4.80. The molecule has 0 spiro atoms. The number of carbonyl (C=O) groups excluding carboxylic acids is 1. The maximum absolute atomic E-state index is 14.7. The molecule has 162 valence electrons. The zero-order valence-electron chi connectivity index (χ0n) is 17.6. The summed E-state index contributed by atoms with van der Waals surface area (Å²) in [7, 11) is 1.58. The third-order valence-electron chi connectivity index (χ3n) is 4.74. The number of halogens is 1. The molecule has 0 aliphatic carbocycles. The van der Waals surface area contributed by atoms with E-state index < -0.39 is 5.82 Å². The molecular weight excluding hydrogens is 427 g/mol. The Kier molecular flexibility index (Phi) is 6.47. The molecule has 0 fully saturated rings. The zero-order chi connectivity index (χ0) is 22.5. The fourth-order valence-electron chi connectivity index (χ4n) is 3.10. The van der Waals surface area contributed by atoms with Crippen LogP contribution in [0.1, 0.15) is 21.6 Å². The minimum atomic E-state index is -0.455. The van der Waals surface area contributed by atoms with Gasteiger partial charge in [-0.3, -0.25) is 4.79 Å². The highest BCUT2D eigenvalue weighted by atomic mass is 32.1. The van der Waals surface area contributed by atoms with E-state index in [1.165, 1.54) is 17.4 Å². The van der Waals surface area contributed by atoms with Gasteiger partial charge in [-0.2, -0.15) is 0 Å². The van der Waals surface area contributed by atoms with Crippen LogP contribution in [-0.4, -0.2) is 18.0 Å². The van der Waals surface area contributed by atoms with Crippen LogP contribution in [0.15, 0.2) is 72.1 Å². The zero-order valence-corrected chi connectivity index (χ0v) is 18.4. The standard InChI is InChI=1S/C25H21FN2O3S/c1-16-4-3-5-17(12-16)14-31-20-10-11-21(22(26)13-20)25-28-23(15-32-25)24(29)27-18-6-8-19(30-2)9-7-18/h3-13,15H,14H2,1-2H3,(H,27,29). The number of hydrogen-bond acceptors (Lipinski definition) is 5. The van der Waals surface area contributed by atoms with Crippen LogP contribution in [0.3, 0.4) is 0 Å². The van der Waals surface area contributed by atoms with Crippen molar-refractivity contribution in [3.63, 3.8) is 0 Å². The van der Waals surface area contributed by atoms with Crippen molar-refractivity contribution in [1.82, 2.24) is 4.98 Å². The van der Waals surface area contributed by atoms with Gasteiger partial charge in [0.25, 0.3) is 5.91 Å². The lowest BCUT2D eigenvalue weighted by Crippen LogP contribution is -2.12. The molecule has 0 aliphatic rings. The summed E-state index contributed by atoms with van der Waals surface area (Å²) in [6, 6.07) is 19.6. The quantitative estimate of drug-likeness (QED) is 0.371. The number of rotatable bonds is 7. The molecule has 0 saturated heterocycles. The number of hydrogen-bond donors (Lipinski definition) is 1. The number of aromatic nitrogens is 1. The van der Waals surface area contributed by atoms with Gasteiger partial charge >= 0.3 is 0 Å². The predicted molar refractivity (Wildman–Crippen MR) is 124 cm³/mol. The topological polar surface area (TPSA) is 60.5 Å². The minimum absolute atomic E-state index is 0.222. The highest BCUT2D eigenvalue weighted by Crippen LogP contribution is 2.29. The van der Waals surface area contributed by atoms with Gasteiger partial charge in [0, 0.05) is 22.7 Å². The highest BCUT2D eigenvalue weighted by Gasteiger charge is 2.15. The van der Waals surface area contributed by atoms with E-state index in [1.807, 2.05) is 31.2 Å². The van der Waals surface area contributed by atoms with Crippen molar-refractivity contribution in [2.75, 3.05) is 12.4 Å². The first-order valence-electron chi connectivity index (χ1n) is 9.91. The summed E-state index contributed by atoms with van der Waals surface area (Å²) in [5.74, 6) is 0.307. The Bertz CT molecular complexity index is 1240. The Balaban J connectivity index is 1.43. The molecule has 0 saturated carbocycles. The van der Waals surface area contributed by atoms with E-state index in [0.717, 1.165) is 11.1 Å². The van der Waals surface area contributed by atoms with Crippen molar-refractivity contribution in [1.29, 1.82) is 0 Å². The molecule has 1 heterocycles. The second-order valence-electron chi connectivity index (χ2n) is 7.14. The number of aryl methyl sites for hydroxylation is 1. The SMILES string of the molecule is COc1ccc(NC(=O)c2csc(-c3ccc(OCc4cccc(C)c4)cc3F)n2)cc1. The molecule has 0 unspecified atom stereocenters. The molecule has 32 heavy (non-hydrogen) atoms. The second kappa shape index (κ2) is 9.62. The van der Waals surface area contributed by atoms with Crippen LogP contribution in [0.2, 0.25) is 0 Å². The third-order valence-corrected chi connectivity index (χ3v) is 5.62. The van der Waals surface area contributed by atoms with E-state index in [-0.39, 0.29) is 11.6 Å². The molecule has 1 N–H and O–H groups in total. The van der Waals surface area contributed by atoms with Gasteiger partial charge in [-0.15, -0.1) is 11.3 Å². The largest absolute Gasteiger partial charge is 0.497 e. The van der Waals surface area contributed by atoms with E-state index in [1.54, 1.807) is 48.9 Å². The summed E-state index contributed by atoms with van der Waals surface area (Å²) in [4.78, 5) is 16.8. The Hall–Kier alpha value is -3.71. The average molecular weight is 449 g/mol. The van der Waals surface area contributed by atoms with Crippen LogP contribution in [0.5, 0.6) is 11.5 Å². The van der Waals surface area contributed by atoms with Gasteiger partial charge in [0.05, 0.1) is 7.11 Å². The van der Waals surface area contributed by atoms with Gasteiger partial charge in [0.1, 0.15) is 34.6 Å². The average Bonchev–Trinajstić information content (AvgIpc) is 3.28. The fourth-order valence-corrected chi connectivity index (χ4v) is 3.93. The van der Waals surface area contributed by atoms with Crippen molar-refractivity contribution in [3.8, 4) is 22.1 Å². The Morgan fingerprint density at radius 2 is 1.84 bits per heavy atom. The van der Waals surface area contributed by atoms with Gasteiger partial charge in [-0.25, -0.2) is 9.37 Å². The molecular formula is C25H21FN2O3S. The fraction of sp³-hybridized carbons (Fsp3) is 0.120. The van der Waals surface area contributed by atoms with Crippen LogP contribution < -0.4 is 14.8 Å². The molecule has 0 radical (unpaired) electrons. The molecule has 4 rings (SSSR count). The number of nitrogens with zero attached hydrogens (tertiary/aromatic N) is 1. The number of amides is 1. The molecule has 5 nitrogen and oxygen atoms in total. The van der Waals surface area contributed by atoms with Crippen molar-refractivity contribution < 1.29 is 18.7 Å². The summed E-state index contributed by atoms with van der Waals surface area (Å²) >= 11 is 1.21. The number of thiazole rings is 1. The van der Waals surface area contributed by atoms with E-state index >= 15 is 0 Å². The Morgan fingerprint density at radius 1 is 1.06 bits per heavy atom. The van der Waals surface area contributed by atoms with E-state index in [0.29, 0.717) is 34.4 Å². The van der Waals surface area contributed by atoms with Gasteiger partial charge < -0.3 is 14.8 Å². The minimum Gasteiger partial charge on any atom is -0.497 e. The van der Waals surface area contributed by atoms with E-state index in [4.69, 9.17) is 9.47 Å². The van der Waals surface area contributed by atoms with Gasteiger partial charge in [-0.05, 0) is 48.9 Å². The second-order valence-corrected chi connectivity index (χ2v) is 8.00. The van der Waals surface area contributed by atoms with Crippen LogP contribution in [0.25, 0.3) is 10.6 Å². The number of nitrogens with one attached hydrogen (secondary N) is 1. The van der Waals surface area contributed by atoms with Gasteiger partial charge in [0.2, 0.25) is 0 Å². The van der Waals surface area contributed by atoms with Gasteiger partial charge in [-0.1, -0.05) is 29.8 Å². The number of methoxy groups -OCH3 is 1. The highest BCUT2D eigenvalue weighted by molar-refractivity contribution is 7.13. The number of carbonyl (C=O) groups is 1. The lowest BCUT2D eigenvalue weighted by molar-refractivity contribution is 0.102. The lowest BCUT2D eigenvalue weighted by Gasteiger charge is -2.08. The van der Waals surface area contributed by atoms with Crippen LogP contribution in [-0.2, 0) is 6.61 Å². The van der Waals surface area contributed by atoms with Crippen molar-refractivity contribution >= 4 is 22.9 Å². The summed E-state index contributed by atoms with van der Waals surface area (Å²) in [6.45, 7) is 2.37. The first-order chi connectivity index (χ1) is 15.5. The predicted octanol–water partition coefficient (Wildman–Crippen LogP) is 6.10. The molecule has 0 bridgehead atoms. The summed E-state index contributed by atoms with van der Waals surface area (Å²) in [5.41, 5.74) is 3.32. The normalized spacial score (nSPS) is 10.6. The molecule has 7 heteroatoms. The number of anilines is 1. The third kappa shape index (κ3) is 5.12. The van der Waals surface area contributed by atoms with Crippen LogP contribution in [0, 0.1) is 12.7 Å². The van der Waals surface area contributed by atoms with Crippen molar-refractivity contribution in [3.05, 3.63) is 94.7 Å². The molecule has 0 atom stereocenters. The maximum Gasteiger partial charge on any atom is 0.275 e. The first-order valence-corrected chi connectivity index (χ1v) is 10.8. The van der Waals surface area contributed by atoms with Crippen LogP contribution >= 0.6 is 11.3 Å². The van der Waals surface area contributed by atoms with Crippen molar-refractivity contribution in [2.45, 2.75) is 13.5 Å². The smallest absolute Gasteiger partial charge is 0.275 e. The van der Waals surface area contributed by atoms with E-state index in [9.17, 15) is 9.18 Å². The first kappa shape index (κ1) is 21.5. The molecule has 3 aromatic carbocycles. The monoisotopic (exact) mass is 448 g/mol. The van der Waals surface area contributed by atoms with Gasteiger partial charge in [0.15, 0.2) is 0 Å². The molecule has 1 aromatic heterocycles. The molecule has 1 amide bonds. The molecule has 4 aromatic rings. The Labute approximate surface area is 189 Å². The summed E-state index contributed by atoms with van der Waals surface area (Å²) < 4.78 is 25.5. The molecule has 0 aliphatic heterocycles. The maximum atomic E-state index is 14.7. The van der Waals surface area contributed by atoms with Crippen molar-refractivity contribution in [2.24, 2.45) is 0 Å². The lowest BCUT2D eigenvalue weighted by atomic mass is 10.1.